The monoisotopic (exact) mass is 305 g/mol. The highest BCUT2D eigenvalue weighted by Gasteiger charge is 2.40. The number of amides is 1. The zero-order valence-corrected chi connectivity index (χ0v) is 13.7. The number of anilines is 1. The molecule has 1 aromatic heterocycles. The Kier molecular flexibility index (Phi) is 6.19. The van der Waals surface area contributed by atoms with Crippen molar-refractivity contribution in [2.75, 3.05) is 32.1 Å². The first-order chi connectivity index (χ1) is 10.7. The van der Waals surface area contributed by atoms with Crippen LogP contribution in [0.1, 0.15) is 37.8 Å². The van der Waals surface area contributed by atoms with Gasteiger partial charge in [-0.3, -0.25) is 4.79 Å². The zero-order chi connectivity index (χ0) is 15.8. The average molecular weight is 305 g/mol. The highest BCUT2D eigenvalue weighted by atomic mass is 16.5. The quantitative estimate of drug-likeness (QED) is 0.724. The van der Waals surface area contributed by atoms with Gasteiger partial charge in [0.15, 0.2) is 0 Å². The number of nitrogens with zero attached hydrogens (tertiary/aromatic N) is 1. The molecule has 5 nitrogen and oxygen atoms in total. The lowest BCUT2D eigenvalue weighted by molar-refractivity contribution is -0.131. The third-order valence-corrected chi connectivity index (χ3v) is 4.43. The van der Waals surface area contributed by atoms with E-state index in [9.17, 15) is 4.79 Å². The minimum absolute atomic E-state index is 0.182. The smallest absolute Gasteiger partial charge is 0.226 e. The molecule has 1 heterocycles. The second kappa shape index (κ2) is 8.13. The van der Waals surface area contributed by atoms with Gasteiger partial charge in [-0.1, -0.05) is 18.9 Å². The number of carbonyl (C=O) groups excluding carboxylic acids is 1. The maximum Gasteiger partial charge on any atom is 0.226 e. The van der Waals surface area contributed by atoms with E-state index >= 15 is 0 Å². The van der Waals surface area contributed by atoms with Crippen molar-refractivity contribution >= 4 is 11.7 Å². The minimum Gasteiger partial charge on any atom is -0.385 e. The summed E-state index contributed by atoms with van der Waals surface area (Å²) in [6, 6.07) is 5.87. The van der Waals surface area contributed by atoms with Crippen molar-refractivity contribution in [3.8, 4) is 0 Å². The summed E-state index contributed by atoms with van der Waals surface area (Å²) in [6.07, 6.45) is 5.07. The van der Waals surface area contributed by atoms with Gasteiger partial charge in [-0.15, -0.1) is 0 Å². The third kappa shape index (κ3) is 4.44. The first-order valence-corrected chi connectivity index (χ1v) is 8.11. The van der Waals surface area contributed by atoms with E-state index in [2.05, 4.69) is 15.6 Å². The number of carbonyl (C=O) groups is 1. The molecular weight excluding hydrogens is 278 g/mol. The molecule has 1 amide bonds. The molecule has 0 unspecified atom stereocenters. The molecule has 0 bridgehead atoms. The molecule has 0 spiro atoms. The summed E-state index contributed by atoms with van der Waals surface area (Å²) in [6.45, 7) is 3.91. The summed E-state index contributed by atoms with van der Waals surface area (Å²) < 4.78 is 5.17. The Morgan fingerprint density at radius 3 is 2.77 bits per heavy atom. The highest BCUT2D eigenvalue weighted by molar-refractivity contribution is 5.82. The number of hydrogen-bond donors (Lipinski definition) is 2. The molecule has 1 fully saturated rings. The van der Waals surface area contributed by atoms with E-state index in [4.69, 9.17) is 4.74 Å². The van der Waals surface area contributed by atoms with Crippen LogP contribution in [0.15, 0.2) is 18.2 Å². The number of methoxy groups -OCH3 is 1. The minimum atomic E-state index is -0.211. The molecule has 0 radical (unpaired) electrons. The van der Waals surface area contributed by atoms with Crippen LogP contribution in [-0.4, -0.2) is 37.7 Å². The molecule has 2 rings (SSSR count). The van der Waals surface area contributed by atoms with E-state index in [1.807, 2.05) is 25.1 Å². The molecule has 1 aliphatic rings. The number of pyridine rings is 1. The van der Waals surface area contributed by atoms with Crippen LogP contribution in [0.4, 0.5) is 5.82 Å². The largest absolute Gasteiger partial charge is 0.385 e. The Morgan fingerprint density at radius 2 is 2.09 bits per heavy atom. The SMILES string of the molecule is COCCC1(C(=O)NCCNc2cccc(C)n2)CCCC1. The summed E-state index contributed by atoms with van der Waals surface area (Å²) >= 11 is 0. The van der Waals surface area contributed by atoms with Crippen LogP contribution in [0.3, 0.4) is 0 Å². The molecule has 1 aromatic rings. The first-order valence-electron chi connectivity index (χ1n) is 8.11. The van der Waals surface area contributed by atoms with Crippen LogP contribution in [0, 0.1) is 12.3 Å². The lowest BCUT2D eigenvalue weighted by Crippen LogP contribution is -2.41. The average Bonchev–Trinajstić information content (AvgIpc) is 2.99. The predicted molar refractivity (Wildman–Crippen MR) is 87.9 cm³/mol. The summed E-state index contributed by atoms with van der Waals surface area (Å²) in [5, 5.41) is 6.31. The van der Waals surface area contributed by atoms with E-state index in [0.29, 0.717) is 19.7 Å². The summed E-state index contributed by atoms with van der Waals surface area (Å²) in [7, 11) is 1.69. The normalized spacial score (nSPS) is 16.5. The molecule has 2 N–H and O–H groups in total. The number of nitrogens with one attached hydrogen (secondary N) is 2. The van der Waals surface area contributed by atoms with E-state index in [1.54, 1.807) is 7.11 Å². The van der Waals surface area contributed by atoms with Crippen molar-refractivity contribution < 1.29 is 9.53 Å². The standard InChI is InChI=1S/C17H27N3O2/c1-14-6-5-7-15(20-14)18-11-12-19-16(21)17(10-13-22-2)8-3-4-9-17/h5-7H,3-4,8-13H2,1-2H3,(H,18,20)(H,19,21). The van der Waals surface area contributed by atoms with E-state index in [1.165, 1.54) is 0 Å². The van der Waals surface area contributed by atoms with E-state index < -0.39 is 0 Å². The van der Waals surface area contributed by atoms with Crippen molar-refractivity contribution in [3.05, 3.63) is 23.9 Å². The van der Waals surface area contributed by atoms with E-state index in [-0.39, 0.29) is 11.3 Å². The van der Waals surface area contributed by atoms with Gasteiger partial charge in [0.25, 0.3) is 0 Å². The van der Waals surface area contributed by atoms with Crippen LogP contribution in [0.5, 0.6) is 0 Å². The van der Waals surface area contributed by atoms with Crippen molar-refractivity contribution in [1.29, 1.82) is 0 Å². The van der Waals surface area contributed by atoms with Gasteiger partial charge in [0.1, 0.15) is 5.82 Å². The highest BCUT2D eigenvalue weighted by Crippen LogP contribution is 2.41. The molecule has 0 saturated heterocycles. The second-order valence-corrected chi connectivity index (χ2v) is 6.08. The Balaban J connectivity index is 1.76. The Labute approximate surface area is 132 Å². The van der Waals surface area contributed by atoms with Gasteiger partial charge >= 0.3 is 0 Å². The maximum absolute atomic E-state index is 12.5. The Bertz CT molecular complexity index is 485. The molecule has 5 heteroatoms. The van der Waals surface area contributed by atoms with Crippen LogP contribution in [0.2, 0.25) is 0 Å². The molecule has 1 aliphatic carbocycles. The zero-order valence-electron chi connectivity index (χ0n) is 13.7. The molecule has 0 aliphatic heterocycles. The van der Waals surface area contributed by atoms with E-state index in [0.717, 1.165) is 43.6 Å². The van der Waals surface area contributed by atoms with Crippen LogP contribution in [-0.2, 0) is 9.53 Å². The van der Waals surface area contributed by atoms with Crippen molar-refractivity contribution in [2.45, 2.75) is 39.0 Å². The molecule has 22 heavy (non-hydrogen) atoms. The molecule has 0 aromatic carbocycles. The lowest BCUT2D eigenvalue weighted by atomic mass is 9.82. The Morgan fingerprint density at radius 1 is 1.32 bits per heavy atom. The van der Waals surface area contributed by atoms with Crippen LogP contribution in [0.25, 0.3) is 0 Å². The molecule has 1 saturated carbocycles. The Hall–Kier alpha value is -1.62. The number of ether oxygens (including phenoxy) is 1. The lowest BCUT2D eigenvalue weighted by Gasteiger charge is -2.27. The van der Waals surface area contributed by atoms with Gasteiger partial charge in [0.05, 0.1) is 5.41 Å². The predicted octanol–water partition coefficient (Wildman–Crippen LogP) is 2.52. The number of aryl methyl sites for hydroxylation is 1. The van der Waals surface area contributed by atoms with Crippen LogP contribution < -0.4 is 10.6 Å². The topological polar surface area (TPSA) is 63.2 Å². The molecular formula is C17H27N3O2. The van der Waals surface area contributed by atoms with Crippen molar-refractivity contribution in [3.63, 3.8) is 0 Å². The first kappa shape index (κ1) is 16.7. The van der Waals surface area contributed by atoms with Gasteiger partial charge in [0.2, 0.25) is 5.91 Å². The molecule has 0 atom stereocenters. The number of rotatable bonds is 8. The number of hydrogen-bond acceptors (Lipinski definition) is 4. The van der Waals surface area contributed by atoms with Gasteiger partial charge in [0, 0.05) is 32.5 Å². The van der Waals surface area contributed by atoms with Gasteiger partial charge in [-0.05, 0) is 38.3 Å². The summed E-state index contributed by atoms with van der Waals surface area (Å²) in [4.78, 5) is 16.9. The van der Waals surface area contributed by atoms with Gasteiger partial charge < -0.3 is 15.4 Å². The fourth-order valence-corrected chi connectivity index (χ4v) is 3.14. The fraction of sp³-hybridized carbons (Fsp3) is 0.647. The van der Waals surface area contributed by atoms with Crippen LogP contribution >= 0.6 is 0 Å². The third-order valence-electron chi connectivity index (χ3n) is 4.43. The summed E-state index contributed by atoms with van der Waals surface area (Å²) in [5.41, 5.74) is 0.774. The van der Waals surface area contributed by atoms with Gasteiger partial charge in [-0.2, -0.15) is 0 Å². The number of aromatic nitrogens is 1. The summed E-state index contributed by atoms with van der Waals surface area (Å²) in [5.74, 6) is 1.03. The fourth-order valence-electron chi connectivity index (χ4n) is 3.14. The van der Waals surface area contributed by atoms with Crippen molar-refractivity contribution in [2.24, 2.45) is 5.41 Å². The maximum atomic E-state index is 12.5. The van der Waals surface area contributed by atoms with Gasteiger partial charge in [-0.25, -0.2) is 4.98 Å². The molecule has 122 valence electrons. The second-order valence-electron chi connectivity index (χ2n) is 6.08. The van der Waals surface area contributed by atoms with Crippen molar-refractivity contribution in [1.82, 2.24) is 10.3 Å².